The lowest BCUT2D eigenvalue weighted by Gasteiger charge is -2.17. The molecule has 34 heavy (non-hydrogen) atoms. The smallest absolute Gasteiger partial charge is 0.301 e. The first-order valence-electron chi connectivity index (χ1n) is 10.2. The second kappa shape index (κ2) is 8.84. The molecule has 0 bridgehead atoms. The van der Waals surface area contributed by atoms with E-state index < -0.39 is 16.1 Å². The van der Waals surface area contributed by atoms with Crippen LogP contribution in [0.5, 0.6) is 0 Å². The van der Waals surface area contributed by atoms with Gasteiger partial charge in [0.2, 0.25) is 0 Å². The predicted molar refractivity (Wildman–Crippen MR) is 134 cm³/mol. The van der Waals surface area contributed by atoms with E-state index in [0.29, 0.717) is 34.2 Å². The van der Waals surface area contributed by atoms with Crippen molar-refractivity contribution in [1.29, 1.82) is 0 Å². The Morgan fingerprint density at radius 3 is 2.65 bits per heavy atom. The van der Waals surface area contributed by atoms with Crippen molar-refractivity contribution < 1.29 is 13.2 Å². The van der Waals surface area contributed by atoms with Gasteiger partial charge in [-0.05, 0) is 54.6 Å². The van der Waals surface area contributed by atoms with E-state index in [2.05, 4.69) is 20.0 Å². The topological polar surface area (TPSA) is 104 Å². The lowest BCUT2D eigenvalue weighted by atomic mass is 10.1. The van der Waals surface area contributed by atoms with Crippen LogP contribution in [-0.4, -0.2) is 37.4 Å². The van der Waals surface area contributed by atoms with E-state index in [-0.39, 0.29) is 17.1 Å². The van der Waals surface area contributed by atoms with E-state index in [0.717, 1.165) is 10.9 Å². The Morgan fingerprint density at radius 2 is 1.88 bits per heavy atom. The summed E-state index contributed by atoms with van der Waals surface area (Å²) >= 11 is 12.7. The van der Waals surface area contributed by atoms with E-state index in [1.54, 1.807) is 36.7 Å². The average molecular weight is 514 g/mol. The second-order valence-electron chi connectivity index (χ2n) is 7.55. The van der Waals surface area contributed by atoms with Gasteiger partial charge in [0.25, 0.3) is 5.91 Å². The molecule has 2 aromatic heterocycles. The number of anilines is 2. The number of rotatable bonds is 4. The first-order valence-corrected chi connectivity index (χ1v) is 12.4. The molecule has 8 nitrogen and oxygen atoms in total. The fraction of sp³-hybridized carbons (Fsp3) is 0.0870. The van der Waals surface area contributed by atoms with Crippen LogP contribution in [-0.2, 0) is 10.2 Å². The van der Waals surface area contributed by atoms with Gasteiger partial charge in [-0.1, -0.05) is 23.2 Å². The number of carbonyl (C=O) groups excluding carboxylic acids is 1. The molecule has 0 aliphatic carbocycles. The first-order chi connectivity index (χ1) is 16.3. The first kappa shape index (κ1) is 22.5. The highest BCUT2D eigenvalue weighted by Gasteiger charge is 2.28. The van der Waals surface area contributed by atoms with Crippen LogP contribution in [0.4, 0.5) is 11.4 Å². The zero-order valence-electron chi connectivity index (χ0n) is 17.5. The number of pyridine rings is 2. The zero-order chi connectivity index (χ0) is 23.9. The molecule has 1 fully saturated rings. The number of carbonyl (C=O) groups is 1. The third-order valence-electron chi connectivity index (χ3n) is 5.36. The van der Waals surface area contributed by atoms with Gasteiger partial charge in [0.1, 0.15) is 0 Å². The molecule has 172 valence electrons. The van der Waals surface area contributed by atoms with Crippen LogP contribution in [0.1, 0.15) is 10.4 Å². The second-order valence-corrected chi connectivity index (χ2v) is 10.0. The predicted octanol–water partition coefficient (Wildman–Crippen LogP) is 4.51. The molecule has 3 heterocycles. The van der Waals surface area contributed by atoms with Crippen molar-refractivity contribution in [3.63, 3.8) is 0 Å². The van der Waals surface area contributed by atoms with Crippen LogP contribution in [0.25, 0.3) is 22.2 Å². The Bertz CT molecular complexity index is 1550. The van der Waals surface area contributed by atoms with Gasteiger partial charge >= 0.3 is 10.2 Å². The maximum absolute atomic E-state index is 12.9. The fourth-order valence-corrected chi connectivity index (χ4v) is 5.40. The van der Waals surface area contributed by atoms with Crippen molar-refractivity contribution in [3.05, 3.63) is 82.6 Å². The van der Waals surface area contributed by atoms with Crippen molar-refractivity contribution in [2.45, 2.75) is 0 Å². The summed E-state index contributed by atoms with van der Waals surface area (Å²) in [5.41, 5.74) is 3.20. The van der Waals surface area contributed by atoms with E-state index >= 15 is 0 Å². The minimum Gasteiger partial charge on any atom is -0.322 e. The molecule has 0 radical (unpaired) electrons. The zero-order valence-corrected chi connectivity index (χ0v) is 19.8. The number of nitrogens with one attached hydrogen (secondary N) is 2. The van der Waals surface area contributed by atoms with E-state index in [9.17, 15) is 13.2 Å². The summed E-state index contributed by atoms with van der Waals surface area (Å²) in [6.45, 7) is 0.598. The molecule has 5 rings (SSSR count). The quantitative estimate of drug-likeness (QED) is 0.417. The van der Waals surface area contributed by atoms with Gasteiger partial charge in [-0.2, -0.15) is 13.1 Å². The van der Waals surface area contributed by atoms with Crippen molar-refractivity contribution in [2.24, 2.45) is 0 Å². The van der Waals surface area contributed by atoms with Crippen LogP contribution < -0.4 is 14.3 Å². The van der Waals surface area contributed by atoms with Gasteiger partial charge < -0.3 is 5.32 Å². The highest BCUT2D eigenvalue weighted by atomic mass is 35.5. The highest BCUT2D eigenvalue weighted by Crippen LogP contribution is 2.32. The van der Waals surface area contributed by atoms with Gasteiger partial charge in [-0.3, -0.25) is 14.1 Å². The maximum atomic E-state index is 12.9. The summed E-state index contributed by atoms with van der Waals surface area (Å²) in [6, 6.07) is 15.2. The monoisotopic (exact) mass is 513 g/mol. The number of hydrogen-bond acceptors (Lipinski definition) is 5. The number of amides is 1. The number of halogens is 2. The lowest BCUT2D eigenvalue weighted by molar-refractivity contribution is 0.102. The number of benzene rings is 2. The molecule has 1 saturated heterocycles. The molecule has 2 aromatic carbocycles. The van der Waals surface area contributed by atoms with Crippen molar-refractivity contribution in [1.82, 2.24) is 14.7 Å². The molecule has 0 unspecified atom stereocenters. The Labute approximate surface area is 205 Å². The van der Waals surface area contributed by atoms with E-state index in [1.807, 2.05) is 18.2 Å². The Balaban J connectivity index is 1.41. The van der Waals surface area contributed by atoms with Crippen LogP contribution >= 0.6 is 23.2 Å². The molecule has 1 aliphatic rings. The Kier molecular flexibility index (Phi) is 5.86. The SMILES string of the molecule is O=C(Nc1ccc(Cl)c(-c2ccc3cnccc3n2)c1)c1ccc(N2CCNS2(=O)=O)cc1Cl. The van der Waals surface area contributed by atoms with E-state index in [4.69, 9.17) is 23.2 Å². The fourth-order valence-electron chi connectivity index (χ4n) is 3.70. The van der Waals surface area contributed by atoms with Gasteiger partial charge in [-0.25, -0.2) is 4.98 Å². The highest BCUT2D eigenvalue weighted by molar-refractivity contribution is 7.91. The number of fused-ring (bicyclic) bond motifs is 1. The number of hydrogen-bond donors (Lipinski definition) is 2. The van der Waals surface area contributed by atoms with Crippen LogP contribution in [0, 0.1) is 0 Å². The van der Waals surface area contributed by atoms with Crippen molar-refractivity contribution >= 4 is 61.6 Å². The summed E-state index contributed by atoms with van der Waals surface area (Å²) in [5, 5.41) is 4.34. The van der Waals surface area contributed by atoms with Crippen molar-refractivity contribution in [3.8, 4) is 11.3 Å². The van der Waals surface area contributed by atoms with Gasteiger partial charge in [0, 0.05) is 42.1 Å². The average Bonchev–Trinajstić information content (AvgIpc) is 3.18. The normalized spacial score (nSPS) is 14.9. The third-order valence-corrected chi connectivity index (χ3v) is 7.55. The van der Waals surface area contributed by atoms with Crippen LogP contribution in [0.3, 0.4) is 0 Å². The molecule has 11 heteroatoms. The molecular weight excluding hydrogens is 497 g/mol. The Hall–Kier alpha value is -3.24. The summed E-state index contributed by atoms with van der Waals surface area (Å²) < 4.78 is 27.7. The van der Waals surface area contributed by atoms with E-state index in [1.165, 1.54) is 16.4 Å². The molecule has 0 saturated carbocycles. The molecule has 1 amide bonds. The third kappa shape index (κ3) is 4.30. The van der Waals surface area contributed by atoms with Gasteiger partial charge in [0.05, 0.1) is 32.5 Å². The summed E-state index contributed by atoms with van der Waals surface area (Å²) in [6.07, 6.45) is 3.40. The van der Waals surface area contributed by atoms with Gasteiger partial charge in [-0.15, -0.1) is 0 Å². The molecule has 0 atom stereocenters. The summed E-state index contributed by atoms with van der Waals surface area (Å²) in [7, 11) is -3.59. The molecule has 0 spiro atoms. The summed E-state index contributed by atoms with van der Waals surface area (Å²) in [5.74, 6) is -0.440. The Morgan fingerprint density at radius 1 is 1.03 bits per heavy atom. The minimum atomic E-state index is -3.59. The number of aromatic nitrogens is 2. The lowest BCUT2D eigenvalue weighted by Crippen LogP contribution is -2.29. The van der Waals surface area contributed by atoms with Crippen molar-refractivity contribution in [2.75, 3.05) is 22.7 Å². The summed E-state index contributed by atoms with van der Waals surface area (Å²) in [4.78, 5) is 21.6. The minimum absolute atomic E-state index is 0.135. The maximum Gasteiger partial charge on any atom is 0.301 e. The molecular formula is C23H17Cl2N5O3S. The standard InChI is InChI=1S/C23H17Cl2N5O3S/c24-19-5-2-15(11-18(19)22-6-1-14-13-26-8-7-21(14)29-22)28-23(31)17-4-3-16(12-20(17)25)30-10-9-27-34(30,32)33/h1-8,11-13,27H,9-10H2,(H,28,31). The van der Waals surface area contributed by atoms with Gasteiger partial charge in [0.15, 0.2) is 0 Å². The molecule has 1 aliphatic heterocycles. The number of nitrogens with zero attached hydrogens (tertiary/aromatic N) is 3. The van der Waals surface area contributed by atoms with Crippen LogP contribution in [0.2, 0.25) is 10.0 Å². The largest absolute Gasteiger partial charge is 0.322 e. The van der Waals surface area contributed by atoms with Crippen LogP contribution in [0.15, 0.2) is 67.0 Å². The molecule has 2 N–H and O–H groups in total. The molecule has 4 aromatic rings.